The van der Waals surface area contributed by atoms with E-state index in [2.05, 4.69) is 5.32 Å². The molecule has 1 aliphatic heterocycles. The van der Waals surface area contributed by atoms with E-state index in [1.54, 1.807) is 12.1 Å². The lowest BCUT2D eigenvalue weighted by Gasteiger charge is -2.37. The van der Waals surface area contributed by atoms with Gasteiger partial charge in [-0.1, -0.05) is 26.0 Å². The van der Waals surface area contributed by atoms with E-state index in [0.717, 1.165) is 0 Å². The zero-order valence-corrected chi connectivity index (χ0v) is 13.1. The maximum atomic E-state index is 12.6. The van der Waals surface area contributed by atoms with Crippen LogP contribution in [-0.4, -0.2) is 16.6 Å². The normalized spacial score (nSPS) is 23.3. The maximum Gasteiger partial charge on any atom is 0.269 e. The summed E-state index contributed by atoms with van der Waals surface area (Å²) in [5.41, 5.74) is 1.73. The molecule has 0 aromatic heterocycles. The second-order valence-corrected chi connectivity index (χ2v) is 6.99. The van der Waals surface area contributed by atoms with Gasteiger partial charge in [0.15, 0.2) is 5.78 Å². The number of carbonyl (C=O) groups excluding carboxylic acids is 2. The molecule has 1 aliphatic carbocycles. The van der Waals surface area contributed by atoms with E-state index in [0.29, 0.717) is 29.7 Å². The third kappa shape index (κ3) is 2.88. The summed E-state index contributed by atoms with van der Waals surface area (Å²) in [6, 6.07) is 6.21. The summed E-state index contributed by atoms with van der Waals surface area (Å²) in [5, 5.41) is 13.8. The topological polar surface area (TPSA) is 89.3 Å². The van der Waals surface area contributed by atoms with Gasteiger partial charge in [0.25, 0.3) is 5.69 Å². The first-order valence-corrected chi connectivity index (χ1v) is 7.57. The average Bonchev–Trinajstić information content (AvgIpc) is 2.44. The maximum absolute atomic E-state index is 12.6. The van der Waals surface area contributed by atoms with Crippen LogP contribution in [0.3, 0.4) is 0 Å². The van der Waals surface area contributed by atoms with E-state index in [1.165, 1.54) is 12.1 Å². The zero-order chi connectivity index (χ0) is 16.8. The Kier molecular flexibility index (Phi) is 3.55. The van der Waals surface area contributed by atoms with Gasteiger partial charge in [0.2, 0.25) is 5.91 Å². The summed E-state index contributed by atoms with van der Waals surface area (Å²) in [7, 11) is 0. The molecule has 3 rings (SSSR count). The van der Waals surface area contributed by atoms with Crippen molar-refractivity contribution in [1.82, 2.24) is 5.32 Å². The first kappa shape index (κ1) is 15.4. The smallest absolute Gasteiger partial charge is 0.269 e. The van der Waals surface area contributed by atoms with Gasteiger partial charge in [-0.3, -0.25) is 19.7 Å². The van der Waals surface area contributed by atoms with Gasteiger partial charge < -0.3 is 5.32 Å². The lowest BCUT2D eigenvalue weighted by atomic mass is 9.70. The van der Waals surface area contributed by atoms with Crippen LogP contribution in [0.2, 0.25) is 0 Å². The van der Waals surface area contributed by atoms with Crippen LogP contribution in [-0.2, 0) is 9.59 Å². The van der Waals surface area contributed by atoms with Crippen LogP contribution in [0.25, 0.3) is 0 Å². The molecule has 1 unspecified atom stereocenters. The van der Waals surface area contributed by atoms with Gasteiger partial charge in [-0.25, -0.2) is 0 Å². The molecule has 2 aliphatic rings. The third-order valence-corrected chi connectivity index (χ3v) is 4.43. The van der Waals surface area contributed by atoms with Crippen LogP contribution in [0.4, 0.5) is 5.69 Å². The Balaban J connectivity index is 2.08. The molecular weight excluding hydrogens is 296 g/mol. The van der Waals surface area contributed by atoms with E-state index < -0.39 is 10.8 Å². The summed E-state index contributed by atoms with van der Waals surface area (Å²) in [6.07, 6.45) is 1.20. The van der Waals surface area contributed by atoms with Crippen molar-refractivity contribution in [2.24, 2.45) is 5.41 Å². The number of rotatable bonds is 2. The molecule has 1 heterocycles. The van der Waals surface area contributed by atoms with Crippen LogP contribution in [0.1, 0.15) is 44.6 Å². The number of ketones is 1. The zero-order valence-electron chi connectivity index (χ0n) is 13.1. The number of amides is 1. The number of allylic oxidation sites excluding steroid dienone is 2. The molecule has 0 fully saturated rings. The van der Waals surface area contributed by atoms with Crippen molar-refractivity contribution in [1.29, 1.82) is 0 Å². The van der Waals surface area contributed by atoms with Crippen molar-refractivity contribution in [3.63, 3.8) is 0 Å². The molecule has 1 atom stereocenters. The molecule has 0 bridgehead atoms. The Morgan fingerprint density at radius 2 is 2.00 bits per heavy atom. The number of benzene rings is 1. The monoisotopic (exact) mass is 314 g/mol. The summed E-state index contributed by atoms with van der Waals surface area (Å²) >= 11 is 0. The molecule has 6 heteroatoms. The Labute approximate surface area is 133 Å². The fraction of sp³-hybridized carbons (Fsp3) is 0.412. The largest absolute Gasteiger partial charge is 0.329 e. The van der Waals surface area contributed by atoms with E-state index in [4.69, 9.17) is 0 Å². The molecule has 1 aromatic rings. The highest BCUT2D eigenvalue weighted by Crippen LogP contribution is 2.44. The average molecular weight is 314 g/mol. The van der Waals surface area contributed by atoms with Gasteiger partial charge in [-0.05, 0) is 17.4 Å². The van der Waals surface area contributed by atoms with Gasteiger partial charge in [0.05, 0.1) is 4.92 Å². The molecule has 1 amide bonds. The number of nitrogens with zero attached hydrogens (tertiary/aromatic N) is 1. The predicted octanol–water partition coefficient (Wildman–Crippen LogP) is 2.84. The standard InChI is InChI=1S/C17H18N2O4/c1-17(2)8-13-16(14(20)9-17)12(7-15(21)18-13)10-4-3-5-11(6-10)19(22)23/h3-6,12H,7-9H2,1-2H3,(H,18,21). The molecule has 0 saturated heterocycles. The van der Waals surface area contributed by atoms with E-state index in [-0.39, 0.29) is 29.2 Å². The molecular formula is C17H18N2O4. The molecule has 1 N–H and O–H groups in total. The van der Waals surface area contributed by atoms with Crippen molar-refractivity contribution < 1.29 is 14.5 Å². The number of hydrogen-bond acceptors (Lipinski definition) is 4. The first-order valence-electron chi connectivity index (χ1n) is 7.57. The Morgan fingerprint density at radius 1 is 1.26 bits per heavy atom. The number of non-ortho nitro benzene ring substituents is 1. The lowest BCUT2D eigenvalue weighted by molar-refractivity contribution is -0.384. The van der Waals surface area contributed by atoms with E-state index >= 15 is 0 Å². The molecule has 23 heavy (non-hydrogen) atoms. The van der Waals surface area contributed by atoms with Crippen molar-refractivity contribution in [3.8, 4) is 0 Å². The number of nitro benzene ring substituents is 1. The molecule has 0 saturated carbocycles. The quantitative estimate of drug-likeness (QED) is 0.671. The Hall–Kier alpha value is -2.50. The minimum absolute atomic E-state index is 0.0211. The van der Waals surface area contributed by atoms with Gasteiger partial charge in [0, 0.05) is 42.2 Å². The summed E-state index contributed by atoms with van der Waals surface area (Å²) in [4.78, 5) is 35.2. The fourth-order valence-electron chi connectivity index (χ4n) is 3.50. The van der Waals surface area contributed by atoms with Crippen LogP contribution in [0.5, 0.6) is 0 Å². The second kappa shape index (κ2) is 5.30. The van der Waals surface area contributed by atoms with Crippen molar-refractivity contribution >= 4 is 17.4 Å². The van der Waals surface area contributed by atoms with E-state index in [1.807, 2.05) is 13.8 Å². The minimum atomic E-state index is -0.465. The van der Waals surface area contributed by atoms with Crippen LogP contribution in [0.15, 0.2) is 35.5 Å². The fourth-order valence-corrected chi connectivity index (χ4v) is 3.50. The highest BCUT2D eigenvalue weighted by molar-refractivity contribution is 6.02. The van der Waals surface area contributed by atoms with Gasteiger partial charge in [-0.2, -0.15) is 0 Å². The van der Waals surface area contributed by atoms with Crippen molar-refractivity contribution in [2.45, 2.75) is 39.0 Å². The summed E-state index contributed by atoms with van der Waals surface area (Å²) < 4.78 is 0. The predicted molar refractivity (Wildman–Crippen MR) is 83.6 cm³/mol. The van der Waals surface area contributed by atoms with E-state index in [9.17, 15) is 19.7 Å². The number of nitrogens with one attached hydrogen (secondary N) is 1. The highest BCUT2D eigenvalue weighted by Gasteiger charge is 2.40. The van der Waals surface area contributed by atoms with Crippen LogP contribution < -0.4 is 5.32 Å². The van der Waals surface area contributed by atoms with Crippen molar-refractivity contribution in [2.75, 3.05) is 0 Å². The third-order valence-electron chi connectivity index (χ3n) is 4.43. The van der Waals surface area contributed by atoms with Crippen LogP contribution >= 0.6 is 0 Å². The summed E-state index contributed by atoms with van der Waals surface area (Å²) in [5.74, 6) is -0.527. The van der Waals surface area contributed by atoms with Crippen LogP contribution in [0, 0.1) is 15.5 Å². The molecule has 0 spiro atoms. The number of nitro groups is 1. The highest BCUT2D eigenvalue weighted by atomic mass is 16.6. The first-order chi connectivity index (χ1) is 10.8. The van der Waals surface area contributed by atoms with Gasteiger partial charge in [0.1, 0.15) is 0 Å². The summed E-state index contributed by atoms with van der Waals surface area (Å²) in [6.45, 7) is 4.00. The second-order valence-electron chi connectivity index (χ2n) is 6.99. The number of carbonyl (C=O) groups is 2. The molecule has 0 radical (unpaired) electrons. The lowest BCUT2D eigenvalue weighted by Crippen LogP contribution is -2.40. The Bertz CT molecular complexity index is 749. The SMILES string of the molecule is CC1(C)CC(=O)C2=C(C1)NC(=O)CC2c1cccc([N+](=O)[O-])c1. The molecule has 120 valence electrons. The van der Waals surface area contributed by atoms with Crippen molar-refractivity contribution in [3.05, 3.63) is 51.2 Å². The molecule has 1 aromatic carbocycles. The number of hydrogen-bond donors (Lipinski definition) is 1. The molecule has 6 nitrogen and oxygen atoms in total. The number of Topliss-reactive ketones (excluding diaryl/α,β-unsaturated/α-hetero) is 1. The Morgan fingerprint density at radius 3 is 2.70 bits per heavy atom. The van der Waals surface area contributed by atoms with Gasteiger partial charge in [-0.15, -0.1) is 0 Å². The van der Waals surface area contributed by atoms with Gasteiger partial charge >= 0.3 is 0 Å². The minimum Gasteiger partial charge on any atom is -0.329 e.